The highest BCUT2D eigenvalue weighted by molar-refractivity contribution is 5.78. The van der Waals surface area contributed by atoms with E-state index in [2.05, 4.69) is 22.2 Å². The average Bonchev–Trinajstić information content (AvgIpc) is 3.49. The highest BCUT2D eigenvalue weighted by Crippen LogP contribution is 2.31. The fourth-order valence-corrected chi connectivity index (χ4v) is 5.23. The van der Waals surface area contributed by atoms with E-state index >= 15 is 0 Å². The molecule has 3 aliphatic rings. The maximum Gasteiger partial charge on any atom is 0.410 e. The Morgan fingerprint density at radius 1 is 1.13 bits per heavy atom. The number of carbonyl (C=O) groups is 2. The fourth-order valence-electron chi connectivity index (χ4n) is 5.23. The first-order chi connectivity index (χ1) is 18.1. The molecular formula is C28H38N6O4. The monoisotopic (exact) mass is 522 g/mol. The number of hydrogen-bond donors (Lipinski definition) is 0. The summed E-state index contributed by atoms with van der Waals surface area (Å²) in [4.78, 5) is 35.2. The quantitative estimate of drug-likeness (QED) is 0.593. The van der Waals surface area contributed by atoms with Gasteiger partial charge in [0.15, 0.2) is 0 Å². The Labute approximate surface area is 223 Å². The third-order valence-corrected chi connectivity index (χ3v) is 7.48. The van der Waals surface area contributed by atoms with E-state index in [0.29, 0.717) is 31.9 Å². The number of aromatic nitrogens is 3. The maximum atomic E-state index is 12.4. The summed E-state index contributed by atoms with van der Waals surface area (Å²) in [5, 5.41) is 4.44. The number of amides is 2. The molecule has 0 unspecified atom stereocenters. The van der Waals surface area contributed by atoms with Gasteiger partial charge in [0.1, 0.15) is 17.2 Å². The summed E-state index contributed by atoms with van der Waals surface area (Å²) in [7, 11) is 1.83. The largest absolute Gasteiger partial charge is 0.473 e. The molecule has 0 aromatic carbocycles. The van der Waals surface area contributed by atoms with Crippen LogP contribution in [0.3, 0.4) is 0 Å². The van der Waals surface area contributed by atoms with Crippen molar-refractivity contribution in [2.45, 2.75) is 58.7 Å². The van der Waals surface area contributed by atoms with Crippen LogP contribution in [0.15, 0.2) is 36.3 Å². The molecular weight excluding hydrogens is 484 g/mol. The summed E-state index contributed by atoms with van der Waals surface area (Å²) < 4.78 is 13.7. The number of carbonyl (C=O) groups excluding carboxylic acids is 2. The molecule has 0 spiro atoms. The molecule has 204 valence electrons. The lowest BCUT2D eigenvalue weighted by Crippen LogP contribution is -2.49. The van der Waals surface area contributed by atoms with E-state index in [0.717, 1.165) is 42.7 Å². The fraction of sp³-hybridized carbons (Fsp3) is 0.571. The highest BCUT2D eigenvalue weighted by Gasteiger charge is 2.33. The third-order valence-electron chi connectivity index (χ3n) is 7.48. The van der Waals surface area contributed by atoms with Crippen LogP contribution in [0.2, 0.25) is 0 Å². The van der Waals surface area contributed by atoms with Crippen LogP contribution < -0.4 is 4.74 Å². The van der Waals surface area contributed by atoms with E-state index in [-0.39, 0.29) is 24.0 Å². The number of allylic oxidation sites excluding steroid dienone is 4. The van der Waals surface area contributed by atoms with Gasteiger partial charge in [-0.2, -0.15) is 5.10 Å². The predicted octanol–water partition coefficient (Wildman–Crippen LogP) is 3.59. The van der Waals surface area contributed by atoms with E-state index in [1.807, 2.05) is 51.5 Å². The summed E-state index contributed by atoms with van der Waals surface area (Å²) >= 11 is 0. The van der Waals surface area contributed by atoms with Crippen molar-refractivity contribution in [3.63, 3.8) is 0 Å². The molecule has 2 amide bonds. The molecule has 4 heterocycles. The number of nitrogens with zero attached hydrogens (tertiary/aromatic N) is 6. The van der Waals surface area contributed by atoms with Crippen molar-refractivity contribution in [1.29, 1.82) is 0 Å². The maximum absolute atomic E-state index is 12.4. The SMILES string of the molecule is C[C@@H](Oc1nc(C2=CC=C(N3CCN(C(=O)OC(C)(C)C)CC3)CC2)cn2nccc12)[C@@H]1CC(=O)N(C)C1. The second-order valence-electron chi connectivity index (χ2n) is 11.5. The van der Waals surface area contributed by atoms with Crippen LogP contribution in [-0.2, 0) is 9.53 Å². The van der Waals surface area contributed by atoms with Crippen molar-refractivity contribution in [3.05, 3.63) is 42.0 Å². The lowest BCUT2D eigenvalue weighted by Gasteiger charge is -2.38. The van der Waals surface area contributed by atoms with Crippen molar-refractivity contribution < 1.29 is 19.1 Å². The van der Waals surface area contributed by atoms with E-state index in [1.165, 1.54) is 5.70 Å². The Balaban J connectivity index is 1.27. The van der Waals surface area contributed by atoms with E-state index in [9.17, 15) is 9.59 Å². The van der Waals surface area contributed by atoms with Gasteiger partial charge in [-0.05, 0) is 58.3 Å². The van der Waals surface area contributed by atoms with Gasteiger partial charge >= 0.3 is 6.09 Å². The van der Waals surface area contributed by atoms with Crippen molar-refractivity contribution in [1.82, 2.24) is 29.3 Å². The van der Waals surface area contributed by atoms with E-state index in [4.69, 9.17) is 14.5 Å². The first-order valence-electron chi connectivity index (χ1n) is 13.5. The molecule has 0 N–H and O–H groups in total. The zero-order chi connectivity index (χ0) is 27.0. The van der Waals surface area contributed by atoms with Gasteiger partial charge in [-0.1, -0.05) is 6.08 Å². The standard InChI is InChI=1S/C28H38N6O4/c1-19(21-16-25(35)31(5)17-21)37-26-24-10-11-29-34(24)18-23(30-26)20-6-8-22(9-7-20)32-12-14-33(15-13-32)27(36)38-28(2,3)4/h6,8,10-11,18-19,21H,7,9,12-17H2,1-5H3/t19-,21-/m1/s1. The van der Waals surface area contributed by atoms with Crippen LogP contribution >= 0.6 is 0 Å². The molecule has 10 nitrogen and oxygen atoms in total. The second-order valence-corrected chi connectivity index (χ2v) is 11.5. The molecule has 2 saturated heterocycles. The molecule has 2 fully saturated rings. The van der Waals surface area contributed by atoms with Crippen LogP contribution in [0.4, 0.5) is 4.79 Å². The lowest BCUT2D eigenvalue weighted by atomic mass is 9.99. The Kier molecular flexibility index (Phi) is 7.07. The van der Waals surface area contributed by atoms with Gasteiger partial charge in [0.05, 0.1) is 18.1 Å². The Morgan fingerprint density at radius 3 is 2.53 bits per heavy atom. The molecule has 0 radical (unpaired) electrons. The van der Waals surface area contributed by atoms with Crippen molar-refractivity contribution in [2.75, 3.05) is 39.8 Å². The van der Waals surface area contributed by atoms with Gasteiger partial charge in [-0.15, -0.1) is 0 Å². The zero-order valence-corrected chi connectivity index (χ0v) is 23.0. The number of piperazine rings is 1. The molecule has 5 rings (SSSR count). The highest BCUT2D eigenvalue weighted by atomic mass is 16.6. The smallest absolute Gasteiger partial charge is 0.410 e. The molecule has 10 heteroatoms. The molecule has 38 heavy (non-hydrogen) atoms. The topological polar surface area (TPSA) is 92.5 Å². The van der Waals surface area contributed by atoms with Gasteiger partial charge in [0.25, 0.3) is 0 Å². The normalized spacial score (nSPS) is 21.4. The van der Waals surface area contributed by atoms with Gasteiger partial charge in [-0.3, -0.25) is 4.79 Å². The Bertz CT molecular complexity index is 1270. The van der Waals surface area contributed by atoms with Crippen LogP contribution in [0.25, 0.3) is 11.1 Å². The summed E-state index contributed by atoms with van der Waals surface area (Å²) in [6, 6.07) is 1.90. The number of rotatable bonds is 5. The zero-order valence-electron chi connectivity index (χ0n) is 23.0. The van der Waals surface area contributed by atoms with Crippen LogP contribution in [0, 0.1) is 5.92 Å². The van der Waals surface area contributed by atoms with Crippen LogP contribution in [-0.4, -0.2) is 92.8 Å². The number of likely N-dealkylation sites (tertiary alicyclic amines) is 1. The predicted molar refractivity (Wildman–Crippen MR) is 143 cm³/mol. The molecule has 1 aliphatic carbocycles. The minimum atomic E-state index is -0.482. The number of ether oxygens (including phenoxy) is 2. The first kappa shape index (κ1) is 26.1. The van der Waals surface area contributed by atoms with E-state index in [1.54, 1.807) is 16.0 Å². The van der Waals surface area contributed by atoms with E-state index < -0.39 is 5.60 Å². The van der Waals surface area contributed by atoms with Gasteiger partial charge < -0.3 is 24.2 Å². The van der Waals surface area contributed by atoms with Gasteiger partial charge in [-0.25, -0.2) is 14.3 Å². The lowest BCUT2D eigenvalue weighted by molar-refractivity contribution is -0.126. The Morgan fingerprint density at radius 2 is 1.89 bits per heavy atom. The number of hydrogen-bond acceptors (Lipinski definition) is 7. The van der Waals surface area contributed by atoms with Crippen LogP contribution in [0.1, 0.15) is 52.7 Å². The van der Waals surface area contributed by atoms with Gasteiger partial charge in [0.2, 0.25) is 11.8 Å². The minimum absolute atomic E-state index is 0.135. The molecule has 2 aromatic heterocycles. The summed E-state index contributed by atoms with van der Waals surface area (Å²) in [5.74, 6) is 0.836. The summed E-state index contributed by atoms with van der Waals surface area (Å²) in [6.45, 7) is 11.3. The average molecular weight is 523 g/mol. The van der Waals surface area contributed by atoms with Crippen molar-refractivity contribution >= 4 is 23.1 Å². The van der Waals surface area contributed by atoms with Gasteiger partial charge in [0, 0.05) is 57.8 Å². The first-order valence-corrected chi connectivity index (χ1v) is 13.5. The third kappa shape index (κ3) is 5.63. The molecule has 0 bridgehead atoms. The Hall–Kier alpha value is -3.56. The molecule has 2 aromatic rings. The van der Waals surface area contributed by atoms with Crippen molar-refractivity contribution in [2.24, 2.45) is 5.92 Å². The molecule has 2 atom stereocenters. The minimum Gasteiger partial charge on any atom is -0.473 e. The van der Waals surface area contributed by atoms with Crippen molar-refractivity contribution in [3.8, 4) is 5.88 Å². The number of fused-ring (bicyclic) bond motifs is 1. The second kappa shape index (κ2) is 10.3. The summed E-state index contributed by atoms with van der Waals surface area (Å²) in [6.07, 6.45) is 9.87. The van der Waals surface area contributed by atoms with Crippen LogP contribution in [0.5, 0.6) is 5.88 Å². The summed E-state index contributed by atoms with van der Waals surface area (Å²) in [5.41, 5.74) is 3.58. The molecule has 2 aliphatic heterocycles. The molecule has 0 saturated carbocycles.